The number of H-pyrrole nitrogens is 1. The normalized spacial score (nSPS) is 11.2. The van der Waals surface area contributed by atoms with Crippen molar-refractivity contribution in [3.63, 3.8) is 0 Å². The van der Waals surface area contributed by atoms with Crippen molar-refractivity contribution in [1.82, 2.24) is 9.97 Å². The Hall–Kier alpha value is -2.85. The van der Waals surface area contributed by atoms with Gasteiger partial charge in [-0.05, 0) is 55.7 Å². The van der Waals surface area contributed by atoms with Crippen molar-refractivity contribution in [3.05, 3.63) is 70.0 Å². The third-order valence-corrected chi connectivity index (χ3v) is 4.92. The molecule has 0 bridgehead atoms. The summed E-state index contributed by atoms with van der Waals surface area (Å²) in [7, 11) is 0. The molecule has 5 heteroatoms. The number of aromatic nitrogens is 2. The van der Waals surface area contributed by atoms with Gasteiger partial charge in [-0.15, -0.1) is 0 Å². The second kappa shape index (κ2) is 6.15. The quantitative estimate of drug-likeness (QED) is 0.289. The molecule has 2 aromatic heterocycles. The molecule has 0 aliphatic rings. The number of aryl methyl sites for hydroxylation is 3. The van der Waals surface area contributed by atoms with E-state index in [0.717, 1.165) is 38.5 Å². The van der Waals surface area contributed by atoms with E-state index >= 15 is 0 Å². The maximum absolute atomic E-state index is 12.6. The first-order valence-electron chi connectivity index (χ1n) is 8.30. The second-order valence-electron chi connectivity index (χ2n) is 6.47. The second-order valence-corrected chi connectivity index (χ2v) is 6.83. The summed E-state index contributed by atoms with van der Waals surface area (Å²) in [6, 6.07) is 11.2. The zero-order chi connectivity index (χ0) is 18.4. The average molecular weight is 365 g/mol. The van der Waals surface area contributed by atoms with Crippen molar-refractivity contribution in [2.24, 2.45) is 0 Å². The fraction of sp³-hybridized carbons (Fsp3) is 0.143. The van der Waals surface area contributed by atoms with Crippen LogP contribution >= 0.6 is 11.6 Å². The Morgan fingerprint density at radius 1 is 1.08 bits per heavy atom. The molecule has 0 unspecified atom stereocenters. The van der Waals surface area contributed by atoms with Crippen molar-refractivity contribution in [2.45, 2.75) is 20.8 Å². The van der Waals surface area contributed by atoms with Gasteiger partial charge in [-0.3, -0.25) is 0 Å². The first kappa shape index (κ1) is 16.6. The highest BCUT2D eigenvalue weighted by Crippen LogP contribution is 2.34. The van der Waals surface area contributed by atoms with Crippen molar-refractivity contribution in [3.8, 4) is 5.75 Å². The van der Waals surface area contributed by atoms with E-state index in [2.05, 4.69) is 9.97 Å². The zero-order valence-electron chi connectivity index (χ0n) is 14.7. The molecule has 0 atom stereocenters. The van der Waals surface area contributed by atoms with Crippen LogP contribution in [0.3, 0.4) is 0 Å². The van der Waals surface area contributed by atoms with Crippen molar-refractivity contribution in [1.29, 1.82) is 0 Å². The molecule has 130 valence electrons. The van der Waals surface area contributed by atoms with Crippen molar-refractivity contribution >= 4 is 39.4 Å². The topological polar surface area (TPSA) is 55.0 Å². The minimum atomic E-state index is -0.361. The molecule has 0 saturated heterocycles. The predicted molar refractivity (Wildman–Crippen MR) is 104 cm³/mol. The molecule has 0 fully saturated rings. The number of nitrogens with one attached hydrogen (secondary N) is 1. The number of fused-ring (bicyclic) bond motifs is 3. The number of pyridine rings is 1. The van der Waals surface area contributed by atoms with Gasteiger partial charge in [0.05, 0.1) is 11.1 Å². The van der Waals surface area contributed by atoms with Crippen molar-refractivity contribution in [2.75, 3.05) is 0 Å². The Bertz CT molecular complexity index is 1160. The van der Waals surface area contributed by atoms with Gasteiger partial charge in [0.1, 0.15) is 10.9 Å². The number of ether oxygens (including phenoxy) is 1. The lowest BCUT2D eigenvalue weighted by Gasteiger charge is -2.09. The maximum atomic E-state index is 12.6. The molecule has 0 saturated carbocycles. The molecule has 4 aromatic rings. The molecule has 26 heavy (non-hydrogen) atoms. The summed E-state index contributed by atoms with van der Waals surface area (Å²) in [5, 5.41) is 2.15. The van der Waals surface area contributed by atoms with Crippen LogP contribution in [0, 0.1) is 20.8 Å². The van der Waals surface area contributed by atoms with E-state index in [-0.39, 0.29) is 5.97 Å². The molecule has 2 aromatic carbocycles. The van der Waals surface area contributed by atoms with Gasteiger partial charge in [0, 0.05) is 22.5 Å². The average Bonchev–Trinajstić information content (AvgIpc) is 2.98. The van der Waals surface area contributed by atoms with Crippen LogP contribution < -0.4 is 4.74 Å². The maximum Gasteiger partial charge on any atom is 0.344 e. The Balaban J connectivity index is 1.80. The summed E-state index contributed by atoms with van der Waals surface area (Å²) in [5.41, 5.74) is 5.26. The molecular formula is C21H17ClN2O2. The molecule has 2 heterocycles. The first-order chi connectivity index (χ1) is 12.5. The van der Waals surface area contributed by atoms with Gasteiger partial charge in [0.15, 0.2) is 0 Å². The molecule has 4 rings (SSSR count). The summed E-state index contributed by atoms with van der Waals surface area (Å²) < 4.78 is 5.64. The van der Waals surface area contributed by atoms with Gasteiger partial charge in [-0.2, -0.15) is 0 Å². The largest absolute Gasteiger partial charge is 0.423 e. The van der Waals surface area contributed by atoms with E-state index in [1.54, 1.807) is 12.3 Å². The molecule has 1 N–H and O–H groups in total. The van der Waals surface area contributed by atoms with Crippen LogP contribution in [-0.4, -0.2) is 15.9 Å². The van der Waals surface area contributed by atoms with Crippen LogP contribution in [0.4, 0.5) is 0 Å². The van der Waals surface area contributed by atoms with Crippen LogP contribution in [0.1, 0.15) is 27.0 Å². The first-order valence-corrected chi connectivity index (χ1v) is 8.68. The van der Waals surface area contributed by atoms with Crippen LogP contribution in [0.25, 0.3) is 21.8 Å². The lowest BCUT2D eigenvalue weighted by molar-refractivity contribution is 0.0733. The van der Waals surface area contributed by atoms with E-state index in [1.807, 2.05) is 51.1 Å². The van der Waals surface area contributed by atoms with E-state index < -0.39 is 0 Å². The number of hydrogen-bond donors (Lipinski definition) is 1. The smallest absolute Gasteiger partial charge is 0.344 e. The Morgan fingerprint density at radius 3 is 2.54 bits per heavy atom. The molecular weight excluding hydrogens is 348 g/mol. The predicted octanol–water partition coefficient (Wildman–Crippen LogP) is 5.51. The monoisotopic (exact) mass is 364 g/mol. The number of benzene rings is 2. The van der Waals surface area contributed by atoms with E-state index in [0.29, 0.717) is 16.5 Å². The number of esters is 1. The highest BCUT2D eigenvalue weighted by molar-refractivity contribution is 6.36. The molecule has 0 amide bonds. The number of aromatic amines is 1. The van der Waals surface area contributed by atoms with Gasteiger partial charge in [-0.25, -0.2) is 9.78 Å². The van der Waals surface area contributed by atoms with Crippen molar-refractivity contribution < 1.29 is 9.53 Å². The lowest BCUT2D eigenvalue weighted by atomic mass is 10.0. The van der Waals surface area contributed by atoms with Crippen LogP contribution in [-0.2, 0) is 0 Å². The van der Waals surface area contributed by atoms with Gasteiger partial charge in [0.25, 0.3) is 0 Å². The molecule has 0 radical (unpaired) electrons. The molecule has 0 aliphatic carbocycles. The third-order valence-electron chi connectivity index (χ3n) is 4.64. The van der Waals surface area contributed by atoms with Gasteiger partial charge < -0.3 is 9.72 Å². The summed E-state index contributed by atoms with van der Waals surface area (Å²) in [4.78, 5) is 20.2. The Kier molecular flexibility index (Phi) is 3.93. The summed E-state index contributed by atoms with van der Waals surface area (Å²) in [5.74, 6) is 0.115. The summed E-state index contributed by atoms with van der Waals surface area (Å²) in [6.45, 7) is 5.78. The minimum absolute atomic E-state index is 0.361. The van der Waals surface area contributed by atoms with Crippen LogP contribution in [0.5, 0.6) is 5.75 Å². The van der Waals surface area contributed by atoms with Crippen LogP contribution in [0.2, 0.25) is 5.15 Å². The number of rotatable bonds is 2. The molecule has 0 aliphatic heterocycles. The Labute approximate surface area is 155 Å². The number of hydrogen-bond acceptors (Lipinski definition) is 3. The summed E-state index contributed by atoms with van der Waals surface area (Å²) in [6.07, 6.45) is 1.74. The third kappa shape index (κ3) is 2.63. The van der Waals surface area contributed by atoms with E-state index in [4.69, 9.17) is 16.3 Å². The zero-order valence-corrected chi connectivity index (χ0v) is 15.4. The van der Waals surface area contributed by atoms with Gasteiger partial charge in [0.2, 0.25) is 0 Å². The summed E-state index contributed by atoms with van der Waals surface area (Å²) >= 11 is 6.31. The van der Waals surface area contributed by atoms with E-state index in [9.17, 15) is 4.79 Å². The number of carbonyl (C=O) groups excluding carboxylic acids is 1. The standard InChI is InChI=1S/C21H17ClN2O2/c1-11-5-4-6-12(2)17(11)21(25)26-14-7-8-16-15(9-14)18-19(24-16)13(3)10-23-20(18)22/h4-10,24H,1-3H3. The SMILES string of the molecule is Cc1cccc(C)c1C(=O)Oc1ccc2[nH]c3c(C)cnc(Cl)c3c2c1. The Morgan fingerprint density at radius 2 is 1.81 bits per heavy atom. The number of halogens is 1. The minimum Gasteiger partial charge on any atom is -0.423 e. The fourth-order valence-corrected chi connectivity index (χ4v) is 3.57. The molecule has 4 nitrogen and oxygen atoms in total. The molecule has 0 spiro atoms. The van der Waals surface area contributed by atoms with Crippen LogP contribution in [0.15, 0.2) is 42.6 Å². The lowest BCUT2D eigenvalue weighted by Crippen LogP contribution is -2.12. The highest BCUT2D eigenvalue weighted by Gasteiger charge is 2.16. The number of nitrogens with zero attached hydrogens (tertiary/aromatic N) is 1. The number of carbonyl (C=O) groups is 1. The van der Waals surface area contributed by atoms with Gasteiger partial charge >= 0.3 is 5.97 Å². The van der Waals surface area contributed by atoms with E-state index in [1.165, 1.54) is 0 Å². The fourth-order valence-electron chi connectivity index (χ4n) is 3.32. The highest BCUT2D eigenvalue weighted by atomic mass is 35.5. The van der Waals surface area contributed by atoms with Gasteiger partial charge in [-0.1, -0.05) is 29.8 Å².